The number of aliphatic hydroxyl groups excluding tert-OH is 3. The third kappa shape index (κ3) is 2.08. The Balaban J connectivity index is 2.45. The maximum absolute atomic E-state index is 13.4. The van der Waals surface area contributed by atoms with Crippen molar-refractivity contribution in [3.8, 4) is 0 Å². The molecule has 2 heterocycles. The normalized spacial score (nSPS) is 33.5. The molecule has 1 aromatic heterocycles. The standard InChI is InChI=1S/C11H16FN3O5/c1-11(4-17)6(3-16)20-9(7(11)18)15-2-5(12)8(13)14-10(15)19/h2,6-7,9,16-18H,3-4H2,1H3,(H2,13,14,19)/t6-,7?,9-,11-/m1/s1. The lowest BCUT2D eigenvalue weighted by molar-refractivity contribution is -0.0574. The molecule has 112 valence electrons. The highest BCUT2D eigenvalue weighted by molar-refractivity contribution is 5.26. The molecule has 1 unspecified atom stereocenters. The zero-order chi connectivity index (χ0) is 15.1. The van der Waals surface area contributed by atoms with Gasteiger partial charge < -0.3 is 25.8 Å². The SMILES string of the molecule is C[C@]1(CO)C(O)[C@H](n2cc(F)c(N)nc2=O)O[C@@H]1CO. The Morgan fingerprint density at radius 1 is 1.60 bits per heavy atom. The van der Waals surface area contributed by atoms with E-state index >= 15 is 0 Å². The second-order valence-corrected chi connectivity index (χ2v) is 4.97. The highest BCUT2D eigenvalue weighted by atomic mass is 19.1. The van der Waals surface area contributed by atoms with E-state index in [0.717, 1.165) is 10.8 Å². The monoisotopic (exact) mass is 289 g/mol. The summed E-state index contributed by atoms with van der Waals surface area (Å²) in [4.78, 5) is 15.0. The summed E-state index contributed by atoms with van der Waals surface area (Å²) in [5.41, 5.74) is 3.09. The van der Waals surface area contributed by atoms with E-state index < -0.39 is 54.4 Å². The highest BCUT2D eigenvalue weighted by Crippen LogP contribution is 2.42. The number of anilines is 1. The number of nitrogen functional groups attached to an aromatic ring is 1. The first kappa shape index (κ1) is 14.9. The summed E-state index contributed by atoms with van der Waals surface area (Å²) in [6.45, 7) is 0.546. The molecule has 20 heavy (non-hydrogen) atoms. The minimum atomic E-state index is -1.33. The smallest absolute Gasteiger partial charge is 0.351 e. The maximum atomic E-state index is 13.4. The van der Waals surface area contributed by atoms with E-state index in [1.54, 1.807) is 0 Å². The molecule has 1 aliphatic heterocycles. The van der Waals surface area contributed by atoms with Gasteiger partial charge in [-0.15, -0.1) is 0 Å². The zero-order valence-electron chi connectivity index (χ0n) is 10.7. The van der Waals surface area contributed by atoms with Crippen molar-refractivity contribution in [2.24, 2.45) is 5.41 Å². The van der Waals surface area contributed by atoms with Gasteiger partial charge in [0.15, 0.2) is 17.9 Å². The van der Waals surface area contributed by atoms with Crippen molar-refractivity contribution in [3.05, 3.63) is 22.5 Å². The van der Waals surface area contributed by atoms with Crippen LogP contribution in [0, 0.1) is 11.2 Å². The Morgan fingerprint density at radius 3 is 2.75 bits per heavy atom. The molecule has 1 fully saturated rings. The van der Waals surface area contributed by atoms with Crippen LogP contribution < -0.4 is 11.4 Å². The van der Waals surface area contributed by atoms with E-state index in [9.17, 15) is 24.5 Å². The van der Waals surface area contributed by atoms with Crippen molar-refractivity contribution in [1.29, 1.82) is 0 Å². The molecule has 9 heteroatoms. The van der Waals surface area contributed by atoms with E-state index in [0.29, 0.717) is 0 Å². The summed E-state index contributed by atoms with van der Waals surface area (Å²) < 4.78 is 19.5. The number of ether oxygens (including phenoxy) is 1. The molecule has 2 rings (SSSR count). The van der Waals surface area contributed by atoms with E-state index in [-0.39, 0.29) is 0 Å². The van der Waals surface area contributed by atoms with Gasteiger partial charge in [-0.05, 0) is 0 Å². The van der Waals surface area contributed by atoms with Crippen LogP contribution in [0.2, 0.25) is 0 Å². The van der Waals surface area contributed by atoms with Gasteiger partial charge in [0.25, 0.3) is 0 Å². The molecule has 0 spiro atoms. The van der Waals surface area contributed by atoms with Crippen molar-refractivity contribution in [2.75, 3.05) is 18.9 Å². The molecule has 0 aromatic carbocycles. The zero-order valence-corrected chi connectivity index (χ0v) is 10.7. The third-order valence-electron chi connectivity index (χ3n) is 3.70. The van der Waals surface area contributed by atoms with E-state index in [1.165, 1.54) is 6.92 Å². The molecular formula is C11H16FN3O5. The summed E-state index contributed by atoms with van der Waals surface area (Å²) in [5.74, 6) is -1.49. The van der Waals surface area contributed by atoms with Gasteiger partial charge in [0.1, 0.15) is 6.10 Å². The molecule has 0 aliphatic carbocycles. The molecule has 8 nitrogen and oxygen atoms in total. The van der Waals surface area contributed by atoms with E-state index in [1.807, 2.05) is 0 Å². The largest absolute Gasteiger partial charge is 0.396 e. The predicted molar refractivity (Wildman–Crippen MR) is 65.1 cm³/mol. The predicted octanol–water partition coefficient (Wildman–Crippen LogP) is -1.79. The van der Waals surface area contributed by atoms with Crippen LogP contribution in [0.1, 0.15) is 13.2 Å². The van der Waals surface area contributed by atoms with Crippen molar-refractivity contribution in [2.45, 2.75) is 25.4 Å². The number of nitrogens with two attached hydrogens (primary N) is 1. The summed E-state index contributed by atoms with van der Waals surface area (Å²) >= 11 is 0. The van der Waals surface area contributed by atoms with Crippen LogP contribution in [0.25, 0.3) is 0 Å². The molecule has 1 aliphatic rings. The molecule has 1 saturated heterocycles. The van der Waals surface area contributed by atoms with Crippen molar-refractivity contribution in [1.82, 2.24) is 9.55 Å². The number of hydrogen-bond donors (Lipinski definition) is 4. The second-order valence-electron chi connectivity index (χ2n) is 4.97. The molecule has 1 aromatic rings. The Hall–Kier alpha value is -1.55. The Labute approximate surface area is 113 Å². The summed E-state index contributed by atoms with van der Waals surface area (Å²) in [7, 11) is 0. The van der Waals surface area contributed by atoms with Crippen LogP contribution >= 0.6 is 0 Å². The van der Waals surface area contributed by atoms with Gasteiger partial charge in [-0.3, -0.25) is 4.57 Å². The van der Waals surface area contributed by atoms with Crippen LogP contribution in [0.4, 0.5) is 10.2 Å². The fraction of sp³-hybridized carbons (Fsp3) is 0.636. The Morgan fingerprint density at radius 2 is 2.25 bits per heavy atom. The number of hydrogen-bond acceptors (Lipinski definition) is 7. The second kappa shape index (κ2) is 5.09. The highest BCUT2D eigenvalue weighted by Gasteiger charge is 2.53. The minimum Gasteiger partial charge on any atom is -0.396 e. The van der Waals surface area contributed by atoms with Crippen LogP contribution in [0.5, 0.6) is 0 Å². The van der Waals surface area contributed by atoms with Crippen molar-refractivity contribution in [3.63, 3.8) is 0 Å². The number of rotatable bonds is 3. The fourth-order valence-electron chi connectivity index (χ4n) is 2.22. The maximum Gasteiger partial charge on any atom is 0.351 e. The molecular weight excluding hydrogens is 273 g/mol. The van der Waals surface area contributed by atoms with E-state index in [2.05, 4.69) is 4.98 Å². The van der Waals surface area contributed by atoms with Crippen molar-refractivity contribution < 1.29 is 24.4 Å². The molecule has 0 bridgehead atoms. The number of aromatic nitrogens is 2. The van der Waals surface area contributed by atoms with Gasteiger partial charge in [0.2, 0.25) is 0 Å². The molecule has 4 atom stereocenters. The molecule has 0 amide bonds. The summed E-state index contributed by atoms with van der Waals surface area (Å²) in [6.07, 6.45) is -2.72. The molecule has 0 radical (unpaired) electrons. The van der Waals surface area contributed by atoms with Gasteiger partial charge in [0.05, 0.1) is 25.5 Å². The lowest BCUT2D eigenvalue weighted by Crippen LogP contribution is -2.43. The number of nitrogens with zero attached hydrogens (tertiary/aromatic N) is 2. The first-order chi connectivity index (χ1) is 9.35. The first-order valence-corrected chi connectivity index (χ1v) is 5.94. The van der Waals surface area contributed by atoms with Crippen LogP contribution in [-0.4, -0.2) is 50.3 Å². The summed E-state index contributed by atoms with van der Waals surface area (Å²) in [5, 5.41) is 28.8. The quantitative estimate of drug-likeness (QED) is 0.517. The van der Waals surface area contributed by atoms with Crippen LogP contribution in [-0.2, 0) is 4.74 Å². The van der Waals surface area contributed by atoms with E-state index in [4.69, 9.17) is 10.5 Å². The molecule has 5 N–H and O–H groups in total. The lowest BCUT2D eigenvalue weighted by Gasteiger charge is -2.29. The van der Waals surface area contributed by atoms with Crippen LogP contribution in [0.15, 0.2) is 11.0 Å². The lowest BCUT2D eigenvalue weighted by atomic mass is 9.81. The van der Waals surface area contributed by atoms with Gasteiger partial charge in [0, 0.05) is 5.41 Å². The minimum absolute atomic E-state index is 0.468. The van der Waals surface area contributed by atoms with Crippen molar-refractivity contribution >= 4 is 5.82 Å². The van der Waals surface area contributed by atoms with Gasteiger partial charge >= 0.3 is 5.69 Å². The van der Waals surface area contributed by atoms with Crippen LogP contribution in [0.3, 0.4) is 0 Å². The molecule has 0 saturated carbocycles. The average molecular weight is 289 g/mol. The first-order valence-electron chi connectivity index (χ1n) is 5.94. The Kier molecular flexibility index (Phi) is 3.78. The van der Waals surface area contributed by atoms with Gasteiger partial charge in [-0.25, -0.2) is 9.18 Å². The average Bonchev–Trinajstić information content (AvgIpc) is 2.67. The third-order valence-corrected chi connectivity index (χ3v) is 3.70. The number of halogens is 1. The van der Waals surface area contributed by atoms with Gasteiger partial charge in [-0.1, -0.05) is 6.92 Å². The number of aliphatic hydroxyl groups is 3. The fourth-order valence-corrected chi connectivity index (χ4v) is 2.22. The topological polar surface area (TPSA) is 131 Å². The Bertz CT molecular complexity index is 565. The van der Waals surface area contributed by atoms with Gasteiger partial charge in [-0.2, -0.15) is 4.98 Å². The summed E-state index contributed by atoms with van der Waals surface area (Å²) in [6, 6.07) is 0.